The Bertz CT molecular complexity index is 588. The number of nitrogens with one attached hydrogen (secondary N) is 1. The molecule has 3 heteroatoms. The van der Waals surface area contributed by atoms with Crippen molar-refractivity contribution in [2.24, 2.45) is 0 Å². The molecular formula is C18H24N2O. The second-order valence-corrected chi connectivity index (χ2v) is 6.00. The summed E-state index contributed by atoms with van der Waals surface area (Å²) in [5, 5.41) is 3.48. The van der Waals surface area contributed by atoms with Gasteiger partial charge in [-0.3, -0.25) is 0 Å². The molecule has 1 aliphatic heterocycles. The Balaban J connectivity index is 1.75. The Labute approximate surface area is 126 Å². The van der Waals surface area contributed by atoms with Crippen LogP contribution in [0.15, 0.2) is 42.6 Å². The van der Waals surface area contributed by atoms with Crippen molar-refractivity contribution >= 4 is 0 Å². The Morgan fingerprint density at radius 3 is 2.95 bits per heavy atom. The van der Waals surface area contributed by atoms with Crippen molar-refractivity contribution in [1.29, 1.82) is 0 Å². The van der Waals surface area contributed by atoms with Gasteiger partial charge in [0.25, 0.3) is 0 Å². The summed E-state index contributed by atoms with van der Waals surface area (Å²) in [5.74, 6) is 0. The highest BCUT2D eigenvalue weighted by Gasteiger charge is 2.21. The first kappa shape index (κ1) is 14.4. The van der Waals surface area contributed by atoms with Crippen LogP contribution in [0.1, 0.15) is 36.8 Å². The van der Waals surface area contributed by atoms with Gasteiger partial charge in [-0.05, 0) is 29.7 Å². The first-order chi connectivity index (χ1) is 10.2. The molecule has 0 bridgehead atoms. The van der Waals surface area contributed by atoms with Gasteiger partial charge >= 0.3 is 0 Å². The minimum Gasteiger partial charge on any atom is -0.371 e. The average molecular weight is 284 g/mol. The molecule has 112 valence electrons. The fraction of sp³-hybridized carbons (Fsp3) is 0.444. The van der Waals surface area contributed by atoms with Crippen LogP contribution < -0.4 is 5.32 Å². The van der Waals surface area contributed by atoms with E-state index in [1.54, 1.807) is 0 Å². The Hall–Kier alpha value is -1.58. The molecule has 1 atom stereocenters. The highest BCUT2D eigenvalue weighted by molar-refractivity contribution is 5.31. The van der Waals surface area contributed by atoms with Crippen LogP contribution in [0.3, 0.4) is 0 Å². The van der Waals surface area contributed by atoms with E-state index in [9.17, 15) is 0 Å². The third kappa shape index (κ3) is 3.36. The molecule has 0 radical (unpaired) electrons. The van der Waals surface area contributed by atoms with Crippen LogP contribution >= 0.6 is 0 Å². The van der Waals surface area contributed by atoms with Crippen LogP contribution in [0.25, 0.3) is 0 Å². The molecule has 0 saturated carbocycles. The van der Waals surface area contributed by atoms with Crippen molar-refractivity contribution < 1.29 is 4.74 Å². The maximum atomic E-state index is 6.02. The lowest BCUT2D eigenvalue weighted by Crippen LogP contribution is -2.25. The largest absolute Gasteiger partial charge is 0.371 e. The number of benzene rings is 1. The second kappa shape index (κ2) is 6.46. The summed E-state index contributed by atoms with van der Waals surface area (Å²) in [4.78, 5) is 0. The van der Waals surface area contributed by atoms with Gasteiger partial charge in [0.2, 0.25) is 0 Å². The molecule has 0 aliphatic carbocycles. The molecule has 1 aromatic heterocycles. The molecule has 0 saturated heterocycles. The van der Waals surface area contributed by atoms with E-state index < -0.39 is 0 Å². The summed E-state index contributed by atoms with van der Waals surface area (Å²) in [6, 6.07) is 13.5. The highest BCUT2D eigenvalue weighted by atomic mass is 16.5. The molecule has 3 rings (SSSR count). The molecule has 1 aromatic carbocycles. The number of fused-ring (bicyclic) bond motifs is 1. The van der Waals surface area contributed by atoms with E-state index in [-0.39, 0.29) is 6.10 Å². The number of hydrogen-bond donors (Lipinski definition) is 1. The Morgan fingerprint density at radius 1 is 1.24 bits per heavy atom. The average Bonchev–Trinajstić information content (AvgIpc) is 2.93. The SMILES string of the molecule is CC(C)NCc1cccn1CC1OCCc2ccccc21. The number of aromatic nitrogens is 1. The van der Waals surface area contributed by atoms with E-state index in [1.165, 1.54) is 16.8 Å². The summed E-state index contributed by atoms with van der Waals surface area (Å²) in [5.41, 5.74) is 4.10. The van der Waals surface area contributed by atoms with Crippen LogP contribution in [0.2, 0.25) is 0 Å². The predicted molar refractivity (Wildman–Crippen MR) is 85.2 cm³/mol. The van der Waals surface area contributed by atoms with Gasteiger partial charge in [0, 0.05) is 24.5 Å². The van der Waals surface area contributed by atoms with Crippen molar-refractivity contribution in [2.45, 2.75) is 45.5 Å². The first-order valence-corrected chi connectivity index (χ1v) is 7.81. The quantitative estimate of drug-likeness (QED) is 0.911. The molecule has 1 N–H and O–H groups in total. The highest BCUT2D eigenvalue weighted by Crippen LogP contribution is 2.28. The molecule has 21 heavy (non-hydrogen) atoms. The smallest absolute Gasteiger partial charge is 0.101 e. The van der Waals surface area contributed by atoms with Crippen molar-refractivity contribution in [3.8, 4) is 0 Å². The van der Waals surface area contributed by atoms with Crippen LogP contribution in [-0.4, -0.2) is 17.2 Å². The van der Waals surface area contributed by atoms with Gasteiger partial charge < -0.3 is 14.6 Å². The van der Waals surface area contributed by atoms with Crippen LogP contribution in [0.4, 0.5) is 0 Å². The predicted octanol–water partition coefficient (Wildman–Crippen LogP) is 3.30. The zero-order chi connectivity index (χ0) is 14.7. The van der Waals surface area contributed by atoms with Crippen molar-refractivity contribution in [1.82, 2.24) is 9.88 Å². The lowest BCUT2D eigenvalue weighted by Gasteiger charge is -2.27. The lowest BCUT2D eigenvalue weighted by molar-refractivity contribution is 0.0301. The monoisotopic (exact) mass is 284 g/mol. The van der Waals surface area contributed by atoms with Crippen LogP contribution in [0.5, 0.6) is 0 Å². The van der Waals surface area contributed by atoms with Gasteiger partial charge in [0.15, 0.2) is 0 Å². The normalized spacial score (nSPS) is 18.0. The molecule has 1 aliphatic rings. The standard InChI is InChI=1S/C18H24N2O/c1-14(2)19-12-16-7-5-10-20(16)13-18-17-8-4-3-6-15(17)9-11-21-18/h3-8,10,14,18-19H,9,11-13H2,1-2H3. The molecule has 0 spiro atoms. The Kier molecular flexibility index (Phi) is 4.42. The summed E-state index contributed by atoms with van der Waals surface area (Å²) in [6.07, 6.45) is 3.35. The third-order valence-electron chi connectivity index (χ3n) is 4.07. The zero-order valence-corrected chi connectivity index (χ0v) is 12.9. The molecule has 0 amide bonds. The zero-order valence-electron chi connectivity index (χ0n) is 12.9. The minimum atomic E-state index is 0.167. The van der Waals surface area contributed by atoms with Gasteiger partial charge in [-0.15, -0.1) is 0 Å². The minimum absolute atomic E-state index is 0.167. The van der Waals surface area contributed by atoms with Gasteiger partial charge in [-0.25, -0.2) is 0 Å². The van der Waals surface area contributed by atoms with Gasteiger partial charge in [-0.1, -0.05) is 38.1 Å². The van der Waals surface area contributed by atoms with Gasteiger partial charge in [-0.2, -0.15) is 0 Å². The van der Waals surface area contributed by atoms with E-state index in [1.807, 2.05) is 0 Å². The summed E-state index contributed by atoms with van der Waals surface area (Å²) >= 11 is 0. The molecule has 1 unspecified atom stereocenters. The maximum absolute atomic E-state index is 6.02. The second-order valence-electron chi connectivity index (χ2n) is 6.00. The number of ether oxygens (including phenoxy) is 1. The molecule has 2 aromatic rings. The molecular weight excluding hydrogens is 260 g/mol. The topological polar surface area (TPSA) is 26.2 Å². The van der Waals surface area contributed by atoms with Crippen LogP contribution in [-0.2, 0) is 24.2 Å². The fourth-order valence-electron chi connectivity index (χ4n) is 2.90. The molecule has 3 nitrogen and oxygen atoms in total. The third-order valence-corrected chi connectivity index (χ3v) is 4.07. The lowest BCUT2D eigenvalue weighted by atomic mass is 9.97. The first-order valence-electron chi connectivity index (χ1n) is 7.81. The van der Waals surface area contributed by atoms with Crippen LogP contribution in [0, 0.1) is 0 Å². The number of rotatable bonds is 5. The number of hydrogen-bond acceptors (Lipinski definition) is 2. The van der Waals surface area contributed by atoms with Crippen molar-refractivity contribution in [2.75, 3.05) is 6.61 Å². The van der Waals surface area contributed by atoms with Gasteiger partial charge in [0.05, 0.1) is 13.2 Å². The number of nitrogens with zero attached hydrogens (tertiary/aromatic N) is 1. The van der Waals surface area contributed by atoms with E-state index in [2.05, 4.69) is 66.3 Å². The van der Waals surface area contributed by atoms with E-state index in [4.69, 9.17) is 4.74 Å². The summed E-state index contributed by atoms with van der Waals surface area (Å²) in [7, 11) is 0. The molecule has 0 fully saturated rings. The summed E-state index contributed by atoms with van der Waals surface area (Å²) in [6.45, 7) is 6.96. The molecule has 2 heterocycles. The maximum Gasteiger partial charge on any atom is 0.101 e. The Morgan fingerprint density at radius 2 is 2.10 bits per heavy atom. The van der Waals surface area contributed by atoms with Gasteiger partial charge in [0.1, 0.15) is 6.10 Å². The fourth-order valence-corrected chi connectivity index (χ4v) is 2.90. The van der Waals surface area contributed by atoms with Crippen molar-refractivity contribution in [3.05, 3.63) is 59.4 Å². The van der Waals surface area contributed by atoms with E-state index >= 15 is 0 Å². The van der Waals surface area contributed by atoms with Crippen molar-refractivity contribution in [3.63, 3.8) is 0 Å². The summed E-state index contributed by atoms with van der Waals surface area (Å²) < 4.78 is 8.32. The van der Waals surface area contributed by atoms with E-state index in [0.29, 0.717) is 6.04 Å². The van der Waals surface area contributed by atoms with E-state index in [0.717, 1.165) is 26.1 Å².